The second kappa shape index (κ2) is 12.5. The number of nitrogens with one attached hydrogen (secondary N) is 2. The molecule has 0 radical (unpaired) electrons. The van der Waals surface area contributed by atoms with Gasteiger partial charge in [0, 0.05) is 24.7 Å². The number of oxime groups is 1. The van der Waals surface area contributed by atoms with Crippen molar-refractivity contribution < 1.29 is 19.6 Å². The number of rotatable bonds is 10. The van der Waals surface area contributed by atoms with Gasteiger partial charge in [0.25, 0.3) is 0 Å². The summed E-state index contributed by atoms with van der Waals surface area (Å²) in [6.07, 6.45) is 10.9. The third kappa shape index (κ3) is 6.91. The summed E-state index contributed by atoms with van der Waals surface area (Å²) in [6.45, 7) is 7.22. The molecule has 190 valence electrons. The first-order valence-electron chi connectivity index (χ1n) is 12.5. The minimum absolute atomic E-state index is 0.120. The molecule has 0 bridgehead atoms. The van der Waals surface area contributed by atoms with E-state index in [2.05, 4.69) is 27.0 Å². The number of carbonyl (C=O) groups is 2. The number of hydrogen-bond acceptors (Lipinski definition) is 7. The highest BCUT2D eigenvalue weighted by Gasteiger charge is 2.25. The van der Waals surface area contributed by atoms with Crippen molar-refractivity contribution in [1.82, 2.24) is 10.6 Å². The molecule has 2 aliphatic carbocycles. The molecule has 1 aromatic rings. The number of aliphatic imine (C=N–C) groups is 1. The zero-order valence-electron chi connectivity index (χ0n) is 21.2. The van der Waals surface area contributed by atoms with Crippen LogP contribution in [0.4, 0.5) is 10.5 Å². The van der Waals surface area contributed by atoms with Crippen LogP contribution in [-0.4, -0.2) is 40.3 Å². The maximum absolute atomic E-state index is 12.8. The fourth-order valence-corrected chi connectivity index (χ4v) is 4.58. The molecule has 2 aliphatic rings. The number of aryl methyl sites for hydroxylation is 2. The summed E-state index contributed by atoms with van der Waals surface area (Å²) in [5.74, 6) is -0.386. The van der Waals surface area contributed by atoms with Gasteiger partial charge in [-0.15, -0.1) is 0 Å². The Labute approximate surface area is 207 Å². The maximum atomic E-state index is 12.8. The van der Waals surface area contributed by atoms with Crippen molar-refractivity contribution in [1.29, 1.82) is 0 Å². The average molecular weight is 484 g/mol. The molecule has 0 spiro atoms. The van der Waals surface area contributed by atoms with Gasteiger partial charge in [0.05, 0.1) is 11.8 Å². The Kier molecular flexibility index (Phi) is 9.42. The van der Waals surface area contributed by atoms with Crippen molar-refractivity contribution in [3.05, 3.63) is 40.1 Å². The van der Waals surface area contributed by atoms with Gasteiger partial charge >= 0.3 is 12.0 Å². The number of carbonyl (C=O) groups excluding carboxylic acids is 2. The molecule has 0 saturated carbocycles. The van der Waals surface area contributed by atoms with Gasteiger partial charge in [-0.3, -0.25) is 10.2 Å². The van der Waals surface area contributed by atoms with Gasteiger partial charge in [0.2, 0.25) is 0 Å². The van der Waals surface area contributed by atoms with Crippen molar-refractivity contribution in [2.75, 3.05) is 5.32 Å². The first-order valence-corrected chi connectivity index (χ1v) is 12.5. The van der Waals surface area contributed by atoms with Crippen LogP contribution in [0, 0.1) is 0 Å². The standard InChI is InChI=1S/C26H37N5O4/c1-5-20(14-17(4)30-35-24(32)7-3)27-16-21(6-2)31(34)29-26(33)28-25-22-12-8-10-18(22)15-19-11-9-13-23(19)25/h6,15-16,20,34H,5,7-14H2,1-4H3,(H2,28,29,33)/b21-6+,27-16?,30-17+/t20-/m1/s1. The van der Waals surface area contributed by atoms with Crippen LogP contribution in [0.25, 0.3) is 0 Å². The van der Waals surface area contributed by atoms with Crippen molar-refractivity contribution in [2.45, 2.75) is 91.5 Å². The number of benzene rings is 1. The van der Waals surface area contributed by atoms with E-state index in [4.69, 9.17) is 4.84 Å². The number of hydrazine groups is 1. The topological polar surface area (TPSA) is 116 Å². The number of nitrogens with zero attached hydrogens (tertiary/aromatic N) is 3. The van der Waals surface area contributed by atoms with Crippen LogP contribution in [0.5, 0.6) is 0 Å². The summed E-state index contributed by atoms with van der Waals surface area (Å²) >= 11 is 0. The van der Waals surface area contributed by atoms with Crippen LogP contribution in [0.15, 0.2) is 28.0 Å². The lowest BCUT2D eigenvalue weighted by atomic mass is 9.99. The highest BCUT2D eigenvalue weighted by Crippen LogP contribution is 2.38. The second-order valence-electron chi connectivity index (χ2n) is 9.01. The van der Waals surface area contributed by atoms with E-state index < -0.39 is 6.03 Å². The minimum atomic E-state index is -0.498. The third-order valence-corrected chi connectivity index (χ3v) is 6.47. The van der Waals surface area contributed by atoms with E-state index >= 15 is 0 Å². The molecule has 3 rings (SSSR count). The molecule has 35 heavy (non-hydrogen) atoms. The molecule has 9 nitrogen and oxygen atoms in total. The molecule has 3 N–H and O–H groups in total. The van der Waals surface area contributed by atoms with Gasteiger partial charge in [0.15, 0.2) is 0 Å². The van der Waals surface area contributed by atoms with Crippen LogP contribution in [0.3, 0.4) is 0 Å². The van der Waals surface area contributed by atoms with Gasteiger partial charge in [-0.25, -0.2) is 15.0 Å². The Morgan fingerprint density at radius 2 is 1.83 bits per heavy atom. The molecule has 0 heterocycles. The second-order valence-corrected chi connectivity index (χ2v) is 9.01. The van der Waals surface area contributed by atoms with Gasteiger partial charge in [-0.2, -0.15) is 5.17 Å². The molecule has 2 amide bonds. The average Bonchev–Trinajstić information content (AvgIpc) is 3.51. The summed E-state index contributed by atoms with van der Waals surface area (Å²) < 4.78 is 0. The summed E-state index contributed by atoms with van der Waals surface area (Å²) in [7, 11) is 0. The highest BCUT2D eigenvalue weighted by atomic mass is 16.7. The molecule has 0 saturated heterocycles. The van der Waals surface area contributed by atoms with E-state index in [1.807, 2.05) is 6.92 Å². The van der Waals surface area contributed by atoms with E-state index in [1.165, 1.54) is 28.5 Å². The van der Waals surface area contributed by atoms with Crippen LogP contribution in [0.1, 0.15) is 82.1 Å². The van der Waals surface area contributed by atoms with Gasteiger partial charge < -0.3 is 10.2 Å². The fraction of sp³-hybridized carbons (Fsp3) is 0.538. The molecule has 0 aliphatic heterocycles. The van der Waals surface area contributed by atoms with Crippen molar-refractivity contribution in [2.24, 2.45) is 10.1 Å². The molecule has 9 heteroatoms. The summed E-state index contributed by atoms with van der Waals surface area (Å²) in [4.78, 5) is 33.4. The van der Waals surface area contributed by atoms with Gasteiger partial charge in [0.1, 0.15) is 5.70 Å². The summed E-state index contributed by atoms with van der Waals surface area (Å²) in [5, 5.41) is 18.0. The van der Waals surface area contributed by atoms with Crippen molar-refractivity contribution in [3.63, 3.8) is 0 Å². The number of urea groups is 1. The zero-order valence-corrected chi connectivity index (χ0v) is 21.2. The largest absolute Gasteiger partial charge is 0.339 e. The number of fused-ring (bicyclic) bond motifs is 2. The Morgan fingerprint density at radius 1 is 1.17 bits per heavy atom. The normalized spacial score (nSPS) is 16.1. The molecule has 0 fully saturated rings. The Balaban J connectivity index is 1.61. The Morgan fingerprint density at radius 3 is 2.40 bits per heavy atom. The van der Waals surface area contributed by atoms with E-state index in [0.717, 1.165) is 50.6 Å². The van der Waals surface area contributed by atoms with Crippen LogP contribution < -0.4 is 10.7 Å². The Hall–Kier alpha value is -3.20. The molecule has 1 atom stereocenters. The summed E-state index contributed by atoms with van der Waals surface area (Å²) in [5.41, 5.74) is 9.49. The quantitative estimate of drug-likeness (QED) is 0.250. The Bertz CT molecular complexity index is 999. The van der Waals surface area contributed by atoms with Gasteiger partial charge in [-0.1, -0.05) is 31.1 Å². The molecular formula is C26H37N5O4. The van der Waals surface area contributed by atoms with Crippen molar-refractivity contribution >= 4 is 29.6 Å². The van der Waals surface area contributed by atoms with Gasteiger partial charge in [-0.05, 0) is 81.0 Å². The van der Waals surface area contributed by atoms with E-state index in [-0.39, 0.29) is 18.4 Å². The summed E-state index contributed by atoms with van der Waals surface area (Å²) in [6, 6.07) is 1.69. The lowest BCUT2D eigenvalue weighted by molar-refractivity contribution is -0.143. The number of amides is 2. The molecule has 1 aromatic carbocycles. The first kappa shape index (κ1) is 26.4. The first-order chi connectivity index (χ1) is 16.9. The predicted octanol–water partition coefficient (Wildman–Crippen LogP) is 4.86. The van der Waals surface area contributed by atoms with E-state index in [1.54, 1.807) is 26.8 Å². The van der Waals surface area contributed by atoms with Crippen molar-refractivity contribution in [3.8, 4) is 0 Å². The highest BCUT2D eigenvalue weighted by molar-refractivity contribution is 5.92. The minimum Gasteiger partial charge on any atom is -0.318 e. The van der Waals surface area contributed by atoms with E-state index in [9.17, 15) is 14.8 Å². The van der Waals surface area contributed by atoms with E-state index in [0.29, 0.717) is 23.0 Å². The monoisotopic (exact) mass is 483 g/mol. The SMILES string of the molecule is C/C=C(\C=N[C@H](CC)C/C(C)=N/OC(=O)CC)N(O)NC(=O)Nc1c2c(cc3c1CCC3)CCC2. The molecule has 0 unspecified atom stereocenters. The third-order valence-electron chi connectivity index (χ3n) is 6.47. The number of allylic oxidation sites excluding steroid dienone is 2. The number of anilines is 1. The van der Waals surface area contributed by atoms with Crippen LogP contribution in [-0.2, 0) is 35.3 Å². The number of hydrogen-bond donors (Lipinski definition) is 3. The van der Waals surface area contributed by atoms with Crippen LogP contribution >= 0.6 is 0 Å². The predicted molar refractivity (Wildman–Crippen MR) is 137 cm³/mol. The maximum Gasteiger partial charge on any atom is 0.339 e. The fourth-order valence-electron chi connectivity index (χ4n) is 4.58. The lowest BCUT2D eigenvalue weighted by Crippen LogP contribution is -2.42. The molecule has 0 aromatic heterocycles. The van der Waals surface area contributed by atoms with Crippen LogP contribution in [0.2, 0.25) is 0 Å². The number of hydroxylamine groups is 1. The lowest BCUT2D eigenvalue weighted by Gasteiger charge is -2.21. The molecular weight excluding hydrogens is 446 g/mol. The smallest absolute Gasteiger partial charge is 0.318 e. The zero-order chi connectivity index (χ0) is 25.4.